The molecule has 0 aromatic heterocycles. The maximum Gasteiger partial charge on any atom is 0.492 e. The second-order valence-corrected chi connectivity index (χ2v) is 3.46. The molecule has 1 aromatic rings. The maximum atomic E-state index is 9.04. The molecule has 0 saturated heterocycles. The van der Waals surface area contributed by atoms with E-state index in [-0.39, 0.29) is 16.2 Å². The molecule has 76 valence electrons. The Hall–Kier alpha value is -0.415. The zero-order valence-electron chi connectivity index (χ0n) is 7.50. The molecule has 0 saturated carbocycles. The second-order valence-electron chi connectivity index (χ2n) is 2.61. The zero-order chi connectivity index (χ0) is 10.7. The highest BCUT2D eigenvalue weighted by molar-refractivity contribution is 6.61. The van der Waals surface area contributed by atoms with Crippen LogP contribution in [0.3, 0.4) is 0 Å². The van der Waals surface area contributed by atoms with Crippen LogP contribution < -0.4 is 10.2 Å². The Bertz CT molecular complexity index is 331. The summed E-state index contributed by atoms with van der Waals surface area (Å²) in [5.74, 6) is 0.258. The van der Waals surface area contributed by atoms with Crippen LogP contribution in [0.5, 0.6) is 5.75 Å². The predicted octanol–water partition coefficient (Wildman–Crippen LogP) is 1.07. The number of benzene rings is 1. The van der Waals surface area contributed by atoms with E-state index in [4.69, 9.17) is 38.0 Å². The number of halogens is 2. The molecule has 1 rings (SSSR count). The lowest BCUT2D eigenvalue weighted by Gasteiger charge is -2.11. The van der Waals surface area contributed by atoms with Gasteiger partial charge in [-0.1, -0.05) is 23.2 Å². The Morgan fingerprint density at radius 1 is 1.36 bits per heavy atom. The first-order valence-electron chi connectivity index (χ1n) is 4.04. The van der Waals surface area contributed by atoms with E-state index in [1.165, 1.54) is 12.1 Å². The van der Waals surface area contributed by atoms with E-state index in [9.17, 15) is 0 Å². The van der Waals surface area contributed by atoms with Crippen LogP contribution in [0.4, 0.5) is 0 Å². The van der Waals surface area contributed by atoms with Gasteiger partial charge in [-0.25, -0.2) is 0 Å². The largest absolute Gasteiger partial charge is 0.493 e. The highest BCUT2D eigenvalue weighted by Gasteiger charge is 2.20. The summed E-state index contributed by atoms with van der Waals surface area (Å²) in [5.41, 5.74) is 0.171. The third-order valence-corrected chi connectivity index (χ3v) is 2.10. The van der Waals surface area contributed by atoms with Crippen LogP contribution in [-0.4, -0.2) is 23.8 Å². The van der Waals surface area contributed by atoms with Gasteiger partial charge in [0, 0.05) is 10.5 Å². The fourth-order valence-corrected chi connectivity index (χ4v) is 1.63. The average molecular weight is 235 g/mol. The number of hydrogen-bond acceptors (Lipinski definition) is 3. The molecule has 6 heteroatoms. The van der Waals surface area contributed by atoms with E-state index in [1.807, 2.05) is 0 Å². The van der Waals surface area contributed by atoms with Crippen molar-refractivity contribution in [2.24, 2.45) is 0 Å². The summed E-state index contributed by atoms with van der Waals surface area (Å²) in [5, 5.41) is 18.7. The molecule has 0 aliphatic rings. The third kappa shape index (κ3) is 2.54. The molecule has 0 aliphatic carbocycles. The Kier molecular flexibility index (Phi) is 4.07. The van der Waals surface area contributed by atoms with E-state index in [1.54, 1.807) is 6.92 Å². The Morgan fingerprint density at radius 2 is 2.00 bits per heavy atom. The maximum absolute atomic E-state index is 9.04. The first kappa shape index (κ1) is 11.7. The zero-order valence-corrected chi connectivity index (χ0v) is 9.01. The monoisotopic (exact) mass is 234 g/mol. The van der Waals surface area contributed by atoms with Crippen LogP contribution in [0.15, 0.2) is 12.1 Å². The molecule has 0 aliphatic heterocycles. The summed E-state index contributed by atoms with van der Waals surface area (Å²) in [7, 11) is -1.65. The van der Waals surface area contributed by atoms with Gasteiger partial charge in [0.05, 0.1) is 11.6 Å². The fraction of sp³-hybridized carbons (Fsp3) is 0.250. The first-order valence-corrected chi connectivity index (χ1v) is 4.79. The van der Waals surface area contributed by atoms with E-state index in [2.05, 4.69) is 0 Å². The SMILES string of the molecule is CCOc1c(Cl)cc(Cl)cc1B(O)O. The number of rotatable bonds is 3. The minimum absolute atomic E-state index is 0.171. The van der Waals surface area contributed by atoms with Crippen LogP contribution in [0.2, 0.25) is 10.0 Å². The molecule has 1 aromatic carbocycles. The quantitative estimate of drug-likeness (QED) is 0.770. The van der Waals surface area contributed by atoms with Gasteiger partial charge in [-0.3, -0.25) is 0 Å². The molecule has 0 unspecified atom stereocenters. The van der Waals surface area contributed by atoms with Crippen LogP contribution >= 0.6 is 23.2 Å². The van der Waals surface area contributed by atoms with Gasteiger partial charge in [0.1, 0.15) is 5.75 Å². The van der Waals surface area contributed by atoms with Crippen molar-refractivity contribution in [1.29, 1.82) is 0 Å². The first-order chi connectivity index (χ1) is 6.56. The normalized spacial score (nSPS) is 10.1. The molecule has 0 radical (unpaired) electrons. The second kappa shape index (κ2) is 4.89. The van der Waals surface area contributed by atoms with Gasteiger partial charge in [0.2, 0.25) is 0 Å². The molecule has 14 heavy (non-hydrogen) atoms. The molecular weight excluding hydrogens is 226 g/mol. The summed E-state index contributed by atoms with van der Waals surface area (Å²) >= 11 is 11.5. The molecule has 0 heterocycles. The molecule has 3 nitrogen and oxygen atoms in total. The molecule has 0 amide bonds. The van der Waals surface area contributed by atoms with E-state index in [0.717, 1.165) is 0 Å². The van der Waals surface area contributed by atoms with E-state index in [0.29, 0.717) is 11.6 Å². The van der Waals surface area contributed by atoms with Gasteiger partial charge in [0.15, 0.2) is 0 Å². The molecule has 0 atom stereocenters. The summed E-state index contributed by atoms with van der Waals surface area (Å²) in [6, 6.07) is 2.89. The van der Waals surface area contributed by atoms with Gasteiger partial charge in [-0.2, -0.15) is 0 Å². The number of hydrogen-bond donors (Lipinski definition) is 2. The van der Waals surface area contributed by atoms with Crippen molar-refractivity contribution in [3.8, 4) is 5.75 Å². The van der Waals surface area contributed by atoms with Gasteiger partial charge >= 0.3 is 7.12 Å². The smallest absolute Gasteiger partial charge is 0.492 e. The predicted molar refractivity (Wildman–Crippen MR) is 57.5 cm³/mol. The van der Waals surface area contributed by atoms with Gasteiger partial charge in [-0.15, -0.1) is 0 Å². The third-order valence-electron chi connectivity index (χ3n) is 1.60. The summed E-state index contributed by atoms with van der Waals surface area (Å²) in [4.78, 5) is 0. The van der Waals surface area contributed by atoms with Crippen LogP contribution in [0.25, 0.3) is 0 Å². The van der Waals surface area contributed by atoms with Crippen molar-refractivity contribution in [2.45, 2.75) is 6.92 Å². The molecule has 0 spiro atoms. The van der Waals surface area contributed by atoms with Crippen molar-refractivity contribution in [2.75, 3.05) is 6.61 Å². The lowest BCUT2D eigenvalue weighted by Crippen LogP contribution is -2.31. The Balaban J connectivity index is 3.21. The molecule has 2 N–H and O–H groups in total. The molecule has 0 bridgehead atoms. The fourth-order valence-electron chi connectivity index (χ4n) is 1.07. The minimum atomic E-state index is -1.65. The van der Waals surface area contributed by atoms with Crippen molar-refractivity contribution in [3.63, 3.8) is 0 Å². The minimum Gasteiger partial charge on any atom is -0.493 e. The average Bonchev–Trinajstić information content (AvgIpc) is 2.09. The Morgan fingerprint density at radius 3 is 2.50 bits per heavy atom. The van der Waals surface area contributed by atoms with Crippen LogP contribution in [0.1, 0.15) is 6.92 Å². The highest BCUT2D eigenvalue weighted by atomic mass is 35.5. The van der Waals surface area contributed by atoms with Crippen LogP contribution in [0, 0.1) is 0 Å². The van der Waals surface area contributed by atoms with Crippen molar-refractivity contribution >= 4 is 35.8 Å². The van der Waals surface area contributed by atoms with E-state index < -0.39 is 7.12 Å². The molecular formula is C8H9BCl2O3. The topological polar surface area (TPSA) is 49.7 Å². The highest BCUT2D eigenvalue weighted by Crippen LogP contribution is 2.26. The van der Waals surface area contributed by atoms with Crippen LogP contribution in [-0.2, 0) is 0 Å². The van der Waals surface area contributed by atoms with Gasteiger partial charge in [-0.05, 0) is 19.1 Å². The summed E-state index contributed by atoms with van der Waals surface area (Å²) in [6.45, 7) is 2.17. The number of ether oxygens (including phenoxy) is 1. The van der Waals surface area contributed by atoms with Crippen molar-refractivity contribution in [1.82, 2.24) is 0 Å². The van der Waals surface area contributed by atoms with E-state index >= 15 is 0 Å². The summed E-state index contributed by atoms with van der Waals surface area (Å²) in [6.07, 6.45) is 0. The lowest BCUT2D eigenvalue weighted by atomic mass is 9.79. The standard InChI is InChI=1S/C8H9BCl2O3/c1-2-14-8-6(9(12)13)3-5(10)4-7(8)11/h3-4,12-13H,2H2,1H3. The van der Waals surface area contributed by atoms with Crippen molar-refractivity contribution in [3.05, 3.63) is 22.2 Å². The summed E-state index contributed by atoms with van der Waals surface area (Å²) < 4.78 is 5.17. The Labute approximate surface area is 92.4 Å². The van der Waals surface area contributed by atoms with Gasteiger partial charge < -0.3 is 14.8 Å². The molecule has 0 fully saturated rings. The lowest BCUT2D eigenvalue weighted by molar-refractivity contribution is 0.340. The van der Waals surface area contributed by atoms with Crippen molar-refractivity contribution < 1.29 is 14.8 Å². The van der Waals surface area contributed by atoms with Gasteiger partial charge in [0.25, 0.3) is 0 Å².